The molecule has 1 rings (SSSR count). The Morgan fingerprint density at radius 2 is 2.36 bits per heavy atom. The highest BCUT2D eigenvalue weighted by Crippen LogP contribution is 1.92. The largest absolute Gasteiger partial charge is 0.368 e. The van der Waals surface area contributed by atoms with Gasteiger partial charge in [0, 0.05) is 13.0 Å². The van der Waals surface area contributed by atoms with Crippen molar-refractivity contribution in [2.75, 3.05) is 32.5 Å². The van der Waals surface area contributed by atoms with Crippen LogP contribution in [-0.4, -0.2) is 42.4 Å². The second-order valence-electron chi connectivity index (χ2n) is 3.41. The Bertz CT molecular complexity index is 322. The molecule has 0 saturated heterocycles. The zero-order chi connectivity index (χ0) is 10.4. The maximum Gasteiger partial charge on any atom is 0.363 e. The van der Waals surface area contributed by atoms with Crippen LogP contribution in [0.5, 0.6) is 0 Å². The summed E-state index contributed by atoms with van der Waals surface area (Å²) >= 11 is 0. The predicted octanol–water partition coefficient (Wildman–Crippen LogP) is -1.89. The third-order valence-corrected chi connectivity index (χ3v) is 1.73. The lowest BCUT2D eigenvalue weighted by Crippen LogP contribution is -3.05. The maximum atomic E-state index is 10.8. The van der Waals surface area contributed by atoms with Crippen LogP contribution < -0.4 is 15.9 Å². The smallest absolute Gasteiger partial charge is 0.363 e. The van der Waals surface area contributed by atoms with Crippen LogP contribution in [0, 0.1) is 0 Å². The van der Waals surface area contributed by atoms with Gasteiger partial charge < -0.3 is 10.2 Å². The molecule has 0 aliphatic carbocycles. The molecule has 0 atom stereocenters. The third kappa shape index (κ3) is 3.99. The summed E-state index contributed by atoms with van der Waals surface area (Å²) in [5.74, 6) is 0.530. The first-order valence-electron chi connectivity index (χ1n) is 4.63. The van der Waals surface area contributed by atoms with E-state index in [9.17, 15) is 4.79 Å². The monoisotopic (exact) mass is 198 g/mol. The molecule has 0 aliphatic heterocycles. The molecule has 0 unspecified atom stereocenters. The number of quaternary nitrogens is 1. The van der Waals surface area contributed by atoms with Gasteiger partial charge in [-0.1, -0.05) is 0 Å². The fourth-order valence-electron chi connectivity index (χ4n) is 1.06. The Balaban J connectivity index is 2.28. The second-order valence-corrected chi connectivity index (χ2v) is 3.41. The zero-order valence-corrected chi connectivity index (χ0v) is 8.50. The Labute approximate surface area is 82.4 Å². The highest BCUT2D eigenvalue weighted by molar-refractivity contribution is 5.28. The molecule has 0 fully saturated rings. The molecule has 1 heterocycles. The zero-order valence-electron chi connectivity index (χ0n) is 8.50. The van der Waals surface area contributed by atoms with Crippen molar-refractivity contribution in [3.63, 3.8) is 0 Å². The number of H-pyrrole nitrogens is 1. The summed E-state index contributed by atoms with van der Waals surface area (Å²) in [5.41, 5.74) is -0.423. The van der Waals surface area contributed by atoms with Gasteiger partial charge >= 0.3 is 5.69 Å². The topological polar surface area (TPSA) is 75.1 Å². The molecule has 1 aromatic rings. The van der Waals surface area contributed by atoms with Crippen LogP contribution in [0.25, 0.3) is 0 Å². The molecule has 0 radical (unpaired) electrons. The standard InChI is InChI=1S/C8H15N5O/c1-13(2)5-3-4-9-7-6-10-12-8(14)11-7/h6H,3-5H2,1-2H3,(H2,9,11,12,14)/p+1. The van der Waals surface area contributed by atoms with Crippen LogP contribution in [0.15, 0.2) is 11.0 Å². The van der Waals surface area contributed by atoms with Crippen molar-refractivity contribution in [1.82, 2.24) is 15.2 Å². The minimum Gasteiger partial charge on any atom is -0.368 e. The first-order chi connectivity index (χ1) is 6.68. The lowest BCUT2D eigenvalue weighted by molar-refractivity contribution is -0.858. The predicted molar refractivity (Wildman–Crippen MR) is 53.4 cm³/mol. The van der Waals surface area contributed by atoms with Gasteiger partial charge in [-0.05, 0) is 0 Å². The maximum absolute atomic E-state index is 10.8. The van der Waals surface area contributed by atoms with Gasteiger partial charge in [0.15, 0.2) is 5.82 Å². The normalized spacial score (nSPS) is 10.5. The van der Waals surface area contributed by atoms with Gasteiger partial charge in [0.25, 0.3) is 0 Å². The van der Waals surface area contributed by atoms with Gasteiger partial charge in [0.1, 0.15) is 0 Å². The van der Waals surface area contributed by atoms with E-state index in [-0.39, 0.29) is 0 Å². The van der Waals surface area contributed by atoms with E-state index >= 15 is 0 Å². The van der Waals surface area contributed by atoms with Crippen molar-refractivity contribution >= 4 is 5.82 Å². The first kappa shape index (κ1) is 10.6. The average Bonchev–Trinajstić information content (AvgIpc) is 2.12. The molecule has 0 spiro atoms. The SMILES string of the molecule is C[NH+](C)CCCNc1cn[nH]c(=O)n1. The van der Waals surface area contributed by atoms with Crippen LogP contribution in [0.2, 0.25) is 0 Å². The van der Waals surface area contributed by atoms with Crippen LogP contribution in [-0.2, 0) is 0 Å². The number of hydrogen-bond acceptors (Lipinski definition) is 4. The van der Waals surface area contributed by atoms with Crippen molar-refractivity contribution in [3.8, 4) is 0 Å². The Morgan fingerprint density at radius 3 is 3.00 bits per heavy atom. The fourth-order valence-corrected chi connectivity index (χ4v) is 1.06. The molecule has 78 valence electrons. The van der Waals surface area contributed by atoms with E-state index in [0.717, 1.165) is 19.5 Å². The van der Waals surface area contributed by atoms with Crippen LogP contribution in [0.3, 0.4) is 0 Å². The Morgan fingerprint density at radius 1 is 1.57 bits per heavy atom. The van der Waals surface area contributed by atoms with E-state index in [0.29, 0.717) is 5.82 Å². The molecule has 0 bridgehead atoms. The summed E-state index contributed by atoms with van der Waals surface area (Å²) in [7, 11) is 4.21. The number of nitrogens with one attached hydrogen (secondary N) is 3. The number of nitrogens with zero attached hydrogens (tertiary/aromatic N) is 2. The average molecular weight is 198 g/mol. The number of hydrogen-bond donors (Lipinski definition) is 3. The molecule has 6 nitrogen and oxygen atoms in total. The van der Waals surface area contributed by atoms with Gasteiger partial charge in [-0.25, -0.2) is 9.89 Å². The van der Waals surface area contributed by atoms with Gasteiger partial charge in [-0.2, -0.15) is 10.1 Å². The molecule has 6 heteroatoms. The van der Waals surface area contributed by atoms with Gasteiger partial charge in [0.05, 0.1) is 26.8 Å². The lowest BCUT2D eigenvalue weighted by Gasteiger charge is -2.07. The van der Waals surface area contributed by atoms with E-state index in [4.69, 9.17) is 0 Å². The fraction of sp³-hybridized carbons (Fsp3) is 0.625. The van der Waals surface area contributed by atoms with Crippen LogP contribution in [0.1, 0.15) is 6.42 Å². The quantitative estimate of drug-likeness (QED) is 0.484. The minimum atomic E-state index is -0.423. The van der Waals surface area contributed by atoms with E-state index < -0.39 is 5.69 Å². The molecule has 3 N–H and O–H groups in total. The molecular formula is C8H16N5O+. The number of aromatic amines is 1. The molecule has 14 heavy (non-hydrogen) atoms. The summed E-state index contributed by atoms with van der Waals surface area (Å²) in [4.78, 5) is 15.9. The van der Waals surface area contributed by atoms with Gasteiger partial charge in [-0.3, -0.25) is 0 Å². The van der Waals surface area contributed by atoms with Crippen LogP contribution in [0.4, 0.5) is 5.82 Å². The summed E-state index contributed by atoms with van der Waals surface area (Å²) < 4.78 is 0. The number of anilines is 1. The Hall–Kier alpha value is -1.43. The van der Waals surface area contributed by atoms with Crippen molar-refractivity contribution in [2.24, 2.45) is 0 Å². The summed E-state index contributed by atoms with van der Waals surface area (Å²) in [6.45, 7) is 1.90. The van der Waals surface area contributed by atoms with E-state index in [2.05, 4.69) is 34.6 Å². The molecule has 1 aromatic heterocycles. The second kappa shape index (κ2) is 5.33. The van der Waals surface area contributed by atoms with E-state index in [1.54, 1.807) is 0 Å². The minimum absolute atomic E-state index is 0.423. The van der Waals surface area contributed by atoms with E-state index in [1.165, 1.54) is 11.1 Å². The summed E-state index contributed by atoms with van der Waals surface area (Å²) in [6, 6.07) is 0. The Kier molecular flexibility index (Phi) is 4.06. The molecule has 0 aromatic carbocycles. The van der Waals surface area contributed by atoms with Crippen molar-refractivity contribution in [1.29, 1.82) is 0 Å². The lowest BCUT2D eigenvalue weighted by atomic mass is 10.4. The highest BCUT2D eigenvalue weighted by Gasteiger charge is 1.96. The molecular weight excluding hydrogens is 182 g/mol. The van der Waals surface area contributed by atoms with Crippen molar-refractivity contribution in [2.45, 2.75) is 6.42 Å². The first-order valence-corrected chi connectivity index (χ1v) is 4.63. The third-order valence-electron chi connectivity index (χ3n) is 1.73. The summed E-state index contributed by atoms with van der Waals surface area (Å²) in [5, 5.41) is 8.88. The van der Waals surface area contributed by atoms with E-state index in [1.807, 2.05) is 0 Å². The molecule has 0 amide bonds. The van der Waals surface area contributed by atoms with Crippen molar-refractivity contribution < 1.29 is 4.90 Å². The van der Waals surface area contributed by atoms with Gasteiger partial charge in [-0.15, -0.1) is 0 Å². The number of aromatic nitrogens is 3. The van der Waals surface area contributed by atoms with Gasteiger partial charge in [0.2, 0.25) is 0 Å². The summed E-state index contributed by atoms with van der Waals surface area (Å²) in [6.07, 6.45) is 2.54. The number of rotatable bonds is 5. The van der Waals surface area contributed by atoms with Crippen molar-refractivity contribution in [3.05, 3.63) is 16.7 Å². The molecule has 0 saturated carbocycles. The van der Waals surface area contributed by atoms with Crippen LogP contribution >= 0.6 is 0 Å². The molecule has 0 aliphatic rings. The highest BCUT2D eigenvalue weighted by atomic mass is 16.1.